The zero-order valence-corrected chi connectivity index (χ0v) is 9.06. The molecule has 0 bridgehead atoms. The van der Waals surface area contributed by atoms with Gasteiger partial charge in [-0.25, -0.2) is 0 Å². The van der Waals surface area contributed by atoms with Crippen LogP contribution in [0.2, 0.25) is 0 Å². The topological polar surface area (TPSA) is 0 Å². The summed E-state index contributed by atoms with van der Waals surface area (Å²) in [6.07, 6.45) is 2.95. The summed E-state index contributed by atoms with van der Waals surface area (Å²) in [5.41, 5.74) is 1.30. The molecule has 0 aromatic heterocycles. The third kappa shape index (κ3) is 4.54. The first-order valence-electron chi connectivity index (χ1n) is 4.57. The SMILES string of the molecule is ClCCCC(Cl)Cc1ccccc1. The molecule has 0 saturated carbocycles. The zero-order valence-electron chi connectivity index (χ0n) is 7.55. The Kier molecular flexibility index (Phi) is 5.26. The molecule has 0 fully saturated rings. The maximum absolute atomic E-state index is 6.14. The van der Waals surface area contributed by atoms with Gasteiger partial charge in [0.25, 0.3) is 0 Å². The summed E-state index contributed by atoms with van der Waals surface area (Å²) in [6.45, 7) is 0. The van der Waals surface area contributed by atoms with Crippen LogP contribution in [0.5, 0.6) is 0 Å². The summed E-state index contributed by atoms with van der Waals surface area (Å²) in [5, 5.41) is 0.223. The van der Waals surface area contributed by atoms with E-state index in [2.05, 4.69) is 12.1 Å². The van der Waals surface area contributed by atoms with Crippen molar-refractivity contribution in [1.82, 2.24) is 0 Å². The molecule has 1 unspecified atom stereocenters. The molecule has 0 aliphatic rings. The van der Waals surface area contributed by atoms with Crippen LogP contribution >= 0.6 is 23.2 Å². The van der Waals surface area contributed by atoms with Crippen molar-refractivity contribution in [2.75, 3.05) is 5.88 Å². The average molecular weight is 217 g/mol. The smallest absolute Gasteiger partial charge is 0.0376 e. The highest BCUT2D eigenvalue weighted by molar-refractivity contribution is 6.21. The van der Waals surface area contributed by atoms with Crippen molar-refractivity contribution >= 4 is 23.2 Å². The van der Waals surface area contributed by atoms with E-state index in [0.717, 1.165) is 19.3 Å². The first-order valence-corrected chi connectivity index (χ1v) is 5.54. The highest BCUT2D eigenvalue weighted by atomic mass is 35.5. The molecule has 0 N–H and O–H groups in total. The fourth-order valence-electron chi connectivity index (χ4n) is 1.27. The molecule has 0 aliphatic heterocycles. The minimum absolute atomic E-state index is 0.223. The van der Waals surface area contributed by atoms with E-state index in [1.807, 2.05) is 18.2 Å². The normalized spacial score (nSPS) is 12.8. The lowest BCUT2D eigenvalue weighted by atomic mass is 10.1. The lowest BCUT2D eigenvalue weighted by Crippen LogP contribution is -2.03. The molecule has 13 heavy (non-hydrogen) atoms. The molecule has 0 heterocycles. The Labute approximate surface area is 89.9 Å². The predicted molar refractivity (Wildman–Crippen MR) is 59.7 cm³/mol. The third-order valence-electron chi connectivity index (χ3n) is 1.95. The minimum Gasteiger partial charge on any atom is -0.127 e. The van der Waals surface area contributed by atoms with Crippen LogP contribution in [0.1, 0.15) is 18.4 Å². The van der Waals surface area contributed by atoms with Crippen molar-refractivity contribution in [3.63, 3.8) is 0 Å². The second-order valence-electron chi connectivity index (χ2n) is 3.12. The summed E-state index contributed by atoms with van der Waals surface area (Å²) in [5.74, 6) is 0.706. The second-order valence-corrected chi connectivity index (χ2v) is 4.11. The van der Waals surface area contributed by atoms with Crippen molar-refractivity contribution in [3.8, 4) is 0 Å². The molecule has 2 heteroatoms. The first-order chi connectivity index (χ1) is 6.33. The van der Waals surface area contributed by atoms with Gasteiger partial charge in [0, 0.05) is 11.3 Å². The third-order valence-corrected chi connectivity index (χ3v) is 2.59. The Hall–Kier alpha value is -0.200. The van der Waals surface area contributed by atoms with E-state index >= 15 is 0 Å². The molecule has 1 atom stereocenters. The van der Waals surface area contributed by atoms with E-state index in [9.17, 15) is 0 Å². The van der Waals surface area contributed by atoms with Crippen LogP contribution < -0.4 is 0 Å². The maximum Gasteiger partial charge on any atom is 0.0376 e. The number of benzene rings is 1. The molecule has 72 valence electrons. The van der Waals surface area contributed by atoms with Crippen molar-refractivity contribution in [2.45, 2.75) is 24.6 Å². The molecule has 1 rings (SSSR count). The molecule has 1 aromatic carbocycles. The lowest BCUT2D eigenvalue weighted by Gasteiger charge is -2.07. The molecule has 0 radical (unpaired) electrons. The molecule has 1 aromatic rings. The van der Waals surface area contributed by atoms with Crippen LogP contribution in [-0.2, 0) is 6.42 Å². The van der Waals surface area contributed by atoms with Gasteiger partial charge in [-0.15, -0.1) is 23.2 Å². The van der Waals surface area contributed by atoms with E-state index in [1.165, 1.54) is 5.56 Å². The predicted octanol–water partition coefficient (Wildman–Crippen LogP) is 3.86. The largest absolute Gasteiger partial charge is 0.127 e. The highest BCUT2D eigenvalue weighted by Crippen LogP contribution is 2.13. The second kappa shape index (κ2) is 6.28. The number of hydrogen-bond donors (Lipinski definition) is 0. The van der Waals surface area contributed by atoms with Gasteiger partial charge in [-0.2, -0.15) is 0 Å². The van der Waals surface area contributed by atoms with Crippen LogP contribution in [0, 0.1) is 0 Å². The molecule has 0 saturated heterocycles. The molecular weight excluding hydrogens is 203 g/mol. The van der Waals surface area contributed by atoms with Crippen LogP contribution in [0.25, 0.3) is 0 Å². The molecule has 0 amide bonds. The Morgan fingerprint density at radius 3 is 2.46 bits per heavy atom. The summed E-state index contributed by atoms with van der Waals surface area (Å²) in [7, 11) is 0. The van der Waals surface area contributed by atoms with Crippen molar-refractivity contribution in [1.29, 1.82) is 0 Å². The first kappa shape index (κ1) is 10.9. The van der Waals surface area contributed by atoms with Gasteiger partial charge in [0.1, 0.15) is 0 Å². The quantitative estimate of drug-likeness (QED) is 0.657. The van der Waals surface area contributed by atoms with Gasteiger partial charge in [0.2, 0.25) is 0 Å². The van der Waals surface area contributed by atoms with Crippen molar-refractivity contribution in [3.05, 3.63) is 35.9 Å². The van der Waals surface area contributed by atoms with Gasteiger partial charge in [-0.1, -0.05) is 30.3 Å². The van der Waals surface area contributed by atoms with Gasteiger partial charge < -0.3 is 0 Å². The van der Waals surface area contributed by atoms with Crippen LogP contribution in [-0.4, -0.2) is 11.3 Å². The van der Waals surface area contributed by atoms with Crippen molar-refractivity contribution in [2.24, 2.45) is 0 Å². The minimum atomic E-state index is 0.223. The van der Waals surface area contributed by atoms with Crippen LogP contribution in [0.4, 0.5) is 0 Å². The monoisotopic (exact) mass is 216 g/mol. The Bertz CT molecular complexity index is 221. The van der Waals surface area contributed by atoms with Crippen LogP contribution in [0.3, 0.4) is 0 Å². The van der Waals surface area contributed by atoms with Gasteiger partial charge in [0.15, 0.2) is 0 Å². The zero-order chi connectivity index (χ0) is 9.52. The molecular formula is C11H14Cl2. The summed E-state index contributed by atoms with van der Waals surface area (Å²) >= 11 is 11.7. The fraction of sp³-hybridized carbons (Fsp3) is 0.455. The Morgan fingerprint density at radius 1 is 1.15 bits per heavy atom. The standard InChI is InChI=1S/C11H14Cl2/c12-8-4-7-11(13)9-10-5-2-1-3-6-10/h1-3,5-6,11H,4,7-9H2. The Balaban J connectivity index is 2.32. The van der Waals surface area contributed by atoms with Crippen LogP contribution in [0.15, 0.2) is 30.3 Å². The van der Waals surface area contributed by atoms with E-state index < -0.39 is 0 Å². The Morgan fingerprint density at radius 2 is 1.85 bits per heavy atom. The van der Waals surface area contributed by atoms with Crippen molar-refractivity contribution < 1.29 is 0 Å². The lowest BCUT2D eigenvalue weighted by molar-refractivity contribution is 0.729. The number of hydrogen-bond acceptors (Lipinski definition) is 0. The van der Waals surface area contributed by atoms with Gasteiger partial charge in [-0.05, 0) is 24.8 Å². The fourth-order valence-corrected chi connectivity index (χ4v) is 1.76. The number of halogens is 2. The van der Waals surface area contributed by atoms with Gasteiger partial charge >= 0.3 is 0 Å². The van der Waals surface area contributed by atoms with E-state index in [-0.39, 0.29) is 5.38 Å². The van der Waals surface area contributed by atoms with Gasteiger partial charge in [-0.3, -0.25) is 0 Å². The van der Waals surface area contributed by atoms with Gasteiger partial charge in [0.05, 0.1) is 0 Å². The van der Waals surface area contributed by atoms with E-state index in [1.54, 1.807) is 0 Å². The number of rotatable bonds is 5. The summed E-state index contributed by atoms with van der Waals surface area (Å²) < 4.78 is 0. The molecule has 0 aliphatic carbocycles. The average Bonchev–Trinajstić information content (AvgIpc) is 2.16. The molecule has 0 spiro atoms. The highest BCUT2D eigenvalue weighted by Gasteiger charge is 2.04. The maximum atomic E-state index is 6.14. The van der Waals surface area contributed by atoms with E-state index in [4.69, 9.17) is 23.2 Å². The van der Waals surface area contributed by atoms with E-state index in [0.29, 0.717) is 5.88 Å². The summed E-state index contributed by atoms with van der Waals surface area (Å²) in [4.78, 5) is 0. The number of alkyl halides is 2. The summed E-state index contributed by atoms with van der Waals surface area (Å²) in [6, 6.07) is 10.3. The molecule has 0 nitrogen and oxygen atoms in total.